The Morgan fingerprint density at radius 3 is 2.94 bits per heavy atom. The number of carbonyl (C=O) groups excluding carboxylic acids is 1. The molecule has 1 aromatic carbocycles. The summed E-state index contributed by atoms with van der Waals surface area (Å²) in [6, 6.07) is 8.72. The van der Waals surface area contributed by atoms with E-state index in [0.717, 1.165) is 21.7 Å². The molecule has 186 valence electrons. The number of H-pyrrole nitrogens is 1. The highest BCUT2D eigenvalue weighted by molar-refractivity contribution is 6.36. The molecule has 0 saturated heterocycles. The van der Waals surface area contributed by atoms with E-state index in [-0.39, 0.29) is 19.1 Å². The standard InChI is InChI=1S/C24H24ClN7O4/c1-12-20(9-17-16-8-14(25)5-6-18(16)29-23(17)34)28-13(2)21(12)24(35)27-10-15(33)11-36-32-22-19(30-31-32)4-3-7-26-22/h3-9,15,24,27-28,33,35H,10-11H2,1-2H3,(H,29,34)/b17-9-. The number of rotatable bonds is 8. The summed E-state index contributed by atoms with van der Waals surface area (Å²) in [6.07, 6.45) is 1.34. The van der Waals surface area contributed by atoms with Crippen LogP contribution >= 0.6 is 11.6 Å². The van der Waals surface area contributed by atoms with Gasteiger partial charge in [-0.3, -0.25) is 10.1 Å². The van der Waals surface area contributed by atoms with E-state index in [1.807, 2.05) is 13.8 Å². The second-order valence-electron chi connectivity index (χ2n) is 8.47. The number of hydrogen-bond acceptors (Lipinski definition) is 8. The zero-order valence-electron chi connectivity index (χ0n) is 19.5. The number of anilines is 1. The quantitative estimate of drug-likeness (QED) is 0.179. The molecule has 12 heteroatoms. The fourth-order valence-electron chi connectivity index (χ4n) is 4.19. The summed E-state index contributed by atoms with van der Waals surface area (Å²) in [6.45, 7) is 3.64. The molecule has 5 N–H and O–H groups in total. The van der Waals surface area contributed by atoms with Crippen LogP contribution in [0.2, 0.25) is 5.02 Å². The van der Waals surface area contributed by atoms with Crippen LogP contribution in [0.5, 0.6) is 0 Å². The maximum atomic E-state index is 12.5. The molecule has 0 fully saturated rings. The second kappa shape index (κ2) is 9.70. The van der Waals surface area contributed by atoms with Gasteiger partial charge in [0.15, 0.2) is 0 Å². The number of aryl methyl sites for hydroxylation is 1. The van der Waals surface area contributed by atoms with E-state index in [1.54, 1.807) is 42.6 Å². The predicted octanol–water partition coefficient (Wildman–Crippen LogP) is 1.99. The summed E-state index contributed by atoms with van der Waals surface area (Å²) in [7, 11) is 0. The SMILES string of the molecule is Cc1[nH]c(/C=C2\C(=O)Nc3ccc(Cl)cc32)c(C)c1C(O)NCC(O)COn1nnc2cccnc21. The number of aromatic amines is 1. The molecule has 3 aromatic heterocycles. The van der Waals surface area contributed by atoms with E-state index in [1.165, 1.54) is 0 Å². The third-order valence-corrected chi connectivity index (χ3v) is 6.21. The lowest BCUT2D eigenvalue weighted by molar-refractivity contribution is -0.110. The summed E-state index contributed by atoms with van der Waals surface area (Å²) in [5.74, 6) is -0.224. The molecule has 1 aliphatic rings. The number of nitrogens with one attached hydrogen (secondary N) is 3. The molecule has 4 heterocycles. The van der Waals surface area contributed by atoms with Gasteiger partial charge in [-0.1, -0.05) is 16.4 Å². The van der Waals surface area contributed by atoms with Gasteiger partial charge in [0, 0.05) is 46.0 Å². The van der Waals surface area contributed by atoms with Crippen LogP contribution in [0.4, 0.5) is 5.69 Å². The van der Waals surface area contributed by atoms with Gasteiger partial charge in [-0.25, -0.2) is 4.98 Å². The van der Waals surface area contributed by atoms with Gasteiger partial charge in [-0.2, -0.15) is 0 Å². The number of aliphatic hydroxyl groups excluding tert-OH is 2. The lowest BCUT2D eigenvalue weighted by atomic mass is 10.0. The number of nitrogens with zero attached hydrogens (tertiary/aromatic N) is 4. The van der Waals surface area contributed by atoms with E-state index in [2.05, 4.69) is 30.9 Å². The van der Waals surface area contributed by atoms with Crippen molar-refractivity contribution in [2.24, 2.45) is 0 Å². The first-order valence-corrected chi connectivity index (χ1v) is 11.6. The predicted molar refractivity (Wildman–Crippen MR) is 134 cm³/mol. The molecule has 2 atom stereocenters. The molecule has 4 aromatic rings. The van der Waals surface area contributed by atoms with Crippen LogP contribution < -0.4 is 15.5 Å². The molecule has 1 aliphatic heterocycles. The van der Waals surface area contributed by atoms with Crippen molar-refractivity contribution in [1.82, 2.24) is 30.4 Å². The monoisotopic (exact) mass is 509 g/mol. The summed E-state index contributed by atoms with van der Waals surface area (Å²) < 4.78 is 0. The largest absolute Gasteiger partial charge is 0.391 e. The minimum Gasteiger partial charge on any atom is -0.391 e. The minimum atomic E-state index is -1.06. The number of halogens is 1. The fourth-order valence-corrected chi connectivity index (χ4v) is 4.36. The van der Waals surface area contributed by atoms with Gasteiger partial charge in [-0.05, 0) is 61.0 Å². The van der Waals surface area contributed by atoms with Crippen molar-refractivity contribution in [3.63, 3.8) is 0 Å². The molecule has 2 unspecified atom stereocenters. The van der Waals surface area contributed by atoms with Crippen LogP contribution in [0.15, 0.2) is 36.5 Å². The molecule has 0 bridgehead atoms. The highest BCUT2D eigenvalue weighted by Crippen LogP contribution is 2.36. The zero-order chi connectivity index (χ0) is 25.4. The molecule has 11 nitrogen and oxygen atoms in total. The Labute approximate surface area is 210 Å². The Balaban J connectivity index is 1.25. The normalized spacial score (nSPS) is 15.8. The van der Waals surface area contributed by atoms with E-state index in [0.29, 0.717) is 38.7 Å². The first-order chi connectivity index (χ1) is 17.3. The Morgan fingerprint density at radius 1 is 1.28 bits per heavy atom. The van der Waals surface area contributed by atoms with Gasteiger partial charge < -0.3 is 25.4 Å². The van der Waals surface area contributed by atoms with Crippen molar-refractivity contribution >= 4 is 46.0 Å². The van der Waals surface area contributed by atoms with Gasteiger partial charge in [0.05, 0.1) is 5.57 Å². The summed E-state index contributed by atoms with van der Waals surface area (Å²) in [5.41, 5.74) is 5.74. The van der Waals surface area contributed by atoms with Crippen LogP contribution in [0.3, 0.4) is 0 Å². The summed E-state index contributed by atoms with van der Waals surface area (Å²) in [5, 5.41) is 35.2. The number of aromatic nitrogens is 5. The fraction of sp³-hybridized carbons (Fsp3) is 0.250. The maximum absolute atomic E-state index is 12.5. The van der Waals surface area contributed by atoms with Crippen molar-refractivity contribution in [2.75, 3.05) is 18.5 Å². The average Bonchev–Trinajstić information content (AvgIpc) is 3.50. The van der Waals surface area contributed by atoms with Crippen molar-refractivity contribution in [2.45, 2.75) is 26.2 Å². The molecule has 5 rings (SSSR count). The van der Waals surface area contributed by atoms with Crippen LogP contribution in [-0.2, 0) is 4.79 Å². The topological polar surface area (TPSA) is 150 Å². The number of aliphatic hydroxyl groups is 2. The number of benzene rings is 1. The Kier molecular flexibility index (Phi) is 6.46. The summed E-state index contributed by atoms with van der Waals surface area (Å²) >= 11 is 6.12. The van der Waals surface area contributed by atoms with Gasteiger partial charge in [0.2, 0.25) is 5.65 Å². The third-order valence-electron chi connectivity index (χ3n) is 5.98. The Morgan fingerprint density at radius 2 is 2.11 bits per heavy atom. The number of hydrogen-bond donors (Lipinski definition) is 5. The highest BCUT2D eigenvalue weighted by Gasteiger charge is 2.26. The first kappa shape index (κ1) is 23.9. The smallest absolute Gasteiger partial charge is 0.256 e. The lowest BCUT2D eigenvalue weighted by Crippen LogP contribution is -2.36. The average molecular weight is 510 g/mol. The maximum Gasteiger partial charge on any atom is 0.256 e. The lowest BCUT2D eigenvalue weighted by Gasteiger charge is -2.17. The molecule has 0 aliphatic carbocycles. The molecular weight excluding hydrogens is 486 g/mol. The third kappa shape index (κ3) is 4.56. The van der Waals surface area contributed by atoms with Crippen LogP contribution in [-0.4, -0.2) is 60.5 Å². The van der Waals surface area contributed by atoms with Crippen molar-refractivity contribution < 1.29 is 19.8 Å². The molecule has 0 saturated carbocycles. The van der Waals surface area contributed by atoms with Crippen LogP contribution in [0.1, 0.15) is 34.3 Å². The van der Waals surface area contributed by atoms with Crippen molar-refractivity contribution in [3.05, 3.63) is 69.6 Å². The van der Waals surface area contributed by atoms with E-state index < -0.39 is 12.3 Å². The summed E-state index contributed by atoms with van der Waals surface area (Å²) in [4.78, 5) is 26.5. The second-order valence-corrected chi connectivity index (χ2v) is 8.91. The molecule has 0 radical (unpaired) electrons. The van der Waals surface area contributed by atoms with E-state index >= 15 is 0 Å². The molecule has 36 heavy (non-hydrogen) atoms. The Bertz CT molecular complexity index is 1480. The van der Waals surface area contributed by atoms with Crippen molar-refractivity contribution in [1.29, 1.82) is 0 Å². The highest BCUT2D eigenvalue weighted by atomic mass is 35.5. The molecule has 1 amide bonds. The van der Waals surface area contributed by atoms with E-state index in [9.17, 15) is 15.0 Å². The van der Waals surface area contributed by atoms with E-state index in [4.69, 9.17) is 16.4 Å². The number of amides is 1. The number of carbonyl (C=O) groups is 1. The van der Waals surface area contributed by atoms with Gasteiger partial charge in [-0.15, -0.1) is 5.10 Å². The van der Waals surface area contributed by atoms with Gasteiger partial charge in [0.25, 0.3) is 5.91 Å². The molecular formula is C24H24ClN7O4. The zero-order valence-corrected chi connectivity index (χ0v) is 20.2. The van der Waals surface area contributed by atoms with Crippen LogP contribution in [0.25, 0.3) is 22.8 Å². The number of pyridine rings is 1. The molecule has 0 spiro atoms. The van der Waals surface area contributed by atoms with Crippen LogP contribution in [0, 0.1) is 13.8 Å². The first-order valence-electron chi connectivity index (χ1n) is 11.2. The van der Waals surface area contributed by atoms with Gasteiger partial charge >= 0.3 is 0 Å². The number of fused-ring (bicyclic) bond motifs is 2. The Hall–Kier alpha value is -3.77. The van der Waals surface area contributed by atoms with Gasteiger partial charge in [0.1, 0.15) is 24.5 Å². The minimum absolute atomic E-state index is 0.0516. The van der Waals surface area contributed by atoms with Crippen molar-refractivity contribution in [3.8, 4) is 0 Å².